The Morgan fingerprint density at radius 3 is 2.40 bits per heavy atom. The summed E-state index contributed by atoms with van der Waals surface area (Å²) in [5.41, 5.74) is 3.04. The van der Waals surface area contributed by atoms with Crippen LogP contribution in [0.4, 0.5) is 5.69 Å². The van der Waals surface area contributed by atoms with Gasteiger partial charge in [-0.15, -0.1) is 0 Å². The molecule has 1 aliphatic rings. The van der Waals surface area contributed by atoms with Crippen molar-refractivity contribution in [3.63, 3.8) is 0 Å². The van der Waals surface area contributed by atoms with Crippen LogP contribution in [-0.4, -0.2) is 37.8 Å². The van der Waals surface area contributed by atoms with Crippen LogP contribution < -0.4 is 10.1 Å². The molecular weight excluding hydrogens is 400 g/mol. The summed E-state index contributed by atoms with van der Waals surface area (Å²) in [6.45, 7) is 6.16. The number of anilines is 1. The van der Waals surface area contributed by atoms with E-state index in [1.807, 2.05) is 12.1 Å². The number of hydrogen-bond donors (Lipinski definition) is 1. The van der Waals surface area contributed by atoms with Crippen molar-refractivity contribution in [3.05, 3.63) is 53.6 Å². The molecule has 2 aromatic carbocycles. The lowest BCUT2D eigenvalue weighted by molar-refractivity contribution is -0.122. The Kier molecular flexibility index (Phi) is 7.15. The predicted octanol–water partition coefficient (Wildman–Crippen LogP) is 4.00. The van der Waals surface area contributed by atoms with Crippen LogP contribution in [0.15, 0.2) is 47.4 Å². The van der Waals surface area contributed by atoms with Crippen molar-refractivity contribution in [2.75, 3.05) is 18.4 Å². The maximum absolute atomic E-state index is 12.6. The van der Waals surface area contributed by atoms with Gasteiger partial charge in [-0.3, -0.25) is 4.79 Å². The van der Waals surface area contributed by atoms with E-state index in [0.29, 0.717) is 18.8 Å². The third-order valence-corrected chi connectivity index (χ3v) is 7.56. The number of nitrogens with zero attached hydrogens (tertiary/aromatic N) is 1. The highest BCUT2D eigenvalue weighted by molar-refractivity contribution is 7.89. The fourth-order valence-electron chi connectivity index (χ4n) is 3.77. The Labute approximate surface area is 179 Å². The number of nitrogens with one attached hydrogen (secondary N) is 1. The van der Waals surface area contributed by atoms with Crippen LogP contribution in [0, 0.1) is 0 Å². The fraction of sp³-hybridized carbons (Fsp3) is 0.435. The van der Waals surface area contributed by atoms with Gasteiger partial charge in [-0.25, -0.2) is 8.42 Å². The van der Waals surface area contributed by atoms with Gasteiger partial charge in [0.05, 0.1) is 4.90 Å². The number of benzene rings is 2. The minimum Gasteiger partial charge on any atom is -0.481 e. The first-order valence-corrected chi connectivity index (χ1v) is 12.0. The van der Waals surface area contributed by atoms with Gasteiger partial charge in [0.15, 0.2) is 6.10 Å². The minimum atomic E-state index is -3.52. The number of aryl methyl sites for hydroxylation is 1. The van der Waals surface area contributed by atoms with Crippen molar-refractivity contribution in [2.45, 2.75) is 57.5 Å². The molecule has 2 aromatic rings. The van der Waals surface area contributed by atoms with Gasteiger partial charge in [-0.1, -0.05) is 26.0 Å². The van der Waals surface area contributed by atoms with Gasteiger partial charge in [0.1, 0.15) is 5.75 Å². The molecule has 1 atom stereocenters. The van der Waals surface area contributed by atoms with E-state index < -0.39 is 16.1 Å². The first-order chi connectivity index (χ1) is 14.4. The van der Waals surface area contributed by atoms with Crippen molar-refractivity contribution < 1.29 is 17.9 Å². The molecule has 162 valence electrons. The lowest BCUT2D eigenvalue weighted by Crippen LogP contribution is -2.31. The molecule has 0 bridgehead atoms. The topological polar surface area (TPSA) is 75.7 Å². The molecule has 0 saturated carbocycles. The number of carbonyl (C=O) groups is 1. The van der Waals surface area contributed by atoms with E-state index in [1.54, 1.807) is 32.9 Å². The summed E-state index contributed by atoms with van der Waals surface area (Å²) in [5, 5.41) is 2.81. The first kappa shape index (κ1) is 22.3. The van der Waals surface area contributed by atoms with Gasteiger partial charge in [0.2, 0.25) is 10.0 Å². The van der Waals surface area contributed by atoms with E-state index in [0.717, 1.165) is 25.0 Å². The van der Waals surface area contributed by atoms with E-state index in [4.69, 9.17) is 4.74 Å². The second kappa shape index (κ2) is 9.62. The predicted molar refractivity (Wildman–Crippen MR) is 118 cm³/mol. The first-order valence-electron chi connectivity index (χ1n) is 10.5. The quantitative estimate of drug-likeness (QED) is 0.687. The highest BCUT2D eigenvalue weighted by Gasteiger charge is 2.22. The highest BCUT2D eigenvalue weighted by Crippen LogP contribution is 2.30. The van der Waals surface area contributed by atoms with Crippen LogP contribution in [0.25, 0.3) is 0 Å². The van der Waals surface area contributed by atoms with E-state index in [-0.39, 0.29) is 10.8 Å². The van der Waals surface area contributed by atoms with Gasteiger partial charge in [0, 0.05) is 18.8 Å². The summed E-state index contributed by atoms with van der Waals surface area (Å²) in [6, 6.07) is 12.3. The molecule has 6 nitrogen and oxygen atoms in total. The van der Waals surface area contributed by atoms with E-state index in [2.05, 4.69) is 11.4 Å². The summed E-state index contributed by atoms with van der Waals surface area (Å²) in [7, 11) is -3.52. The Bertz CT molecular complexity index is 983. The van der Waals surface area contributed by atoms with Crippen molar-refractivity contribution in [2.24, 2.45) is 0 Å². The van der Waals surface area contributed by atoms with E-state index in [9.17, 15) is 13.2 Å². The van der Waals surface area contributed by atoms with Crippen molar-refractivity contribution in [1.29, 1.82) is 0 Å². The van der Waals surface area contributed by atoms with Gasteiger partial charge < -0.3 is 10.1 Å². The van der Waals surface area contributed by atoms with Gasteiger partial charge in [-0.2, -0.15) is 4.31 Å². The summed E-state index contributed by atoms with van der Waals surface area (Å²) in [4.78, 5) is 12.8. The maximum atomic E-state index is 12.6. The molecule has 0 saturated heterocycles. The molecule has 0 fully saturated rings. The zero-order valence-electron chi connectivity index (χ0n) is 17.8. The van der Waals surface area contributed by atoms with E-state index >= 15 is 0 Å². The molecule has 30 heavy (non-hydrogen) atoms. The molecule has 0 radical (unpaired) electrons. The second-order valence-corrected chi connectivity index (χ2v) is 9.40. The van der Waals surface area contributed by atoms with Crippen LogP contribution in [0.3, 0.4) is 0 Å². The molecule has 1 N–H and O–H groups in total. The monoisotopic (exact) mass is 430 g/mol. The zero-order valence-corrected chi connectivity index (χ0v) is 18.7. The normalized spacial score (nSPS) is 14.8. The molecule has 0 aliphatic heterocycles. The highest BCUT2D eigenvalue weighted by atomic mass is 32.2. The number of ether oxygens (including phenoxy) is 1. The lowest BCUT2D eigenvalue weighted by atomic mass is 9.91. The largest absolute Gasteiger partial charge is 0.481 e. The average molecular weight is 431 g/mol. The van der Waals surface area contributed by atoms with Crippen LogP contribution in [0.5, 0.6) is 5.75 Å². The van der Waals surface area contributed by atoms with Crippen molar-refractivity contribution in [3.8, 4) is 5.75 Å². The zero-order chi connectivity index (χ0) is 21.7. The Morgan fingerprint density at radius 2 is 1.73 bits per heavy atom. The summed E-state index contributed by atoms with van der Waals surface area (Å²) >= 11 is 0. The number of amides is 1. The number of rotatable bonds is 8. The molecule has 0 aromatic heterocycles. The Morgan fingerprint density at radius 1 is 1.07 bits per heavy atom. The van der Waals surface area contributed by atoms with Crippen LogP contribution in [0.1, 0.15) is 44.7 Å². The molecule has 3 rings (SSSR count). The lowest BCUT2D eigenvalue weighted by Gasteiger charge is -2.22. The second-order valence-electron chi connectivity index (χ2n) is 7.46. The van der Waals surface area contributed by atoms with Crippen LogP contribution >= 0.6 is 0 Å². The van der Waals surface area contributed by atoms with E-state index in [1.165, 1.54) is 34.0 Å². The standard InChI is InChI=1S/C23H30N2O4S/c1-4-25(5-2)30(27,28)20-15-13-19(14-16-20)24-23(26)17(3)29-22-12-8-10-18-9-6-7-11-21(18)22/h8,10,12-17H,4-7,9,11H2,1-3H3,(H,24,26)/t17-/m0/s1. The number of carbonyl (C=O) groups excluding carboxylic acids is 1. The van der Waals surface area contributed by atoms with Gasteiger partial charge >= 0.3 is 0 Å². The summed E-state index contributed by atoms with van der Waals surface area (Å²) in [5.74, 6) is 0.498. The molecular formula is C23H30N2O4S. The SMILES string of the molecule is CCN(CC)S(=O)(=O)c1ccc(NC(=O)[C@H](C)Oc2cccc3c2CCCC3)cc1. The molecule has 0 unspecified atom stereocenters. The van der Waals surface area contributed by atoms with Gasteiger partial charge in [-0.05, 0) is 74.1 Å². The Balaban J connectivity index is 1.66. The third kappa shape index (κ3) is 4.84. The molecule has 1 amide bonds. The molecule has 7 heteroatoms. The Hall–Kier alpha value is -2.38. The maximum Gasteiger partial charge on any atom is 0.265 e. The van der Waals surface area contributed by atoms with Crippen molar-refractivity contribution in [1.82, 2.24) is 4.31 Å². The van der Waals surface area contributed by atoms with Crippen LogP contribution in [0.2, 0.25) is 0 Å². The minimum absolute atomic E-state index is 0.212. The fourth-order valence-corrected chi connectivity index (χ4v) is 5.23. The molecule has 1 aliphatic carbocycles. The molecule has 0 spiro atoms. The summed E-state index contributed by atoms with van der Waals surface area (Å²) < 4.78 is 32.5. The smallest absolute Gasteiger partial charge is 0.265 e. The third-order valence-electron chi connectivity index (χ3n) is 5.49. The van der Waals surface area contributed by atoms with Crippen LogP contribution in [-0.2, 0) is 27.7 Å². The number of fused-ring (bicyclic) bond motifs is 1. The number of sulfonamides is 1. The van der Waals surface area contributed by atoms with Crippen molar-refractivity contribution >= 4 is 21.6 Å². The number of hydrogen-bond acceptors (Lipinski definition) is 4. The molecule has 0 heterocycles. The average Bonchev–Trinajstić information content (AvgIpc) is 2.75. The van der Waals surface area contributed by atoms with Gasteiger partial charge in [0.25, 0.3) is 5.91 Å². The summed E-state index contributed by atoms with van der Waals surface area (Å²) in [6.07, 6.45) is 3.68.